The third kappa shape index (κ3) is 78.7. The van der Waals surface area contributed by atoms with Crippen LogP contribution in [0.2, 0.25) is 0 Å². The van der Waals surface area contributed by atoms with Crippen LogP contribution in [-0.4, -0.2) is 96.7 Å². The summed E-state index contributed by atoms with van der Waals surface area (Å²) in [5.41, 5.74) is 0. The van der Waals surface area contributed by atoms with Gasteiger partial charge >= 0.3 is 39.5 Å². The summed E-state index contributed by atoms with van der Waals surface area (Å²) in [5, 5.41) is 10.7. The van der Waals surface area contributed by atoms with Crippen molar-refractivity contribution in [3.8, 4) is 0 Å². The van der Waals surface area contributed by atoms with E-state index >= 15 is 0 Å². The molecule has 0 aromatic carbocycles. The third-order valence-corrected chi connectivity index (χ3v) is 22.7. The van der Waals surface area contributed by atoms with Crippen LogP contribution in [-0.2, 0) is 65.4 Å². The lowest BCUT2D eigenvalue weighted by molar-refractivity contribution is -0.161. The molecule has 630 valence electrons. The summed E-state index contributed by atoms with van der Waals surface area (Å²) in [6, 6.07) is 0. The second-order valence-corrected chi connectivity index (χ2v) is 34.9. The molecule has 0 aliphatic rings. The van der Waals surface area contributed by atoms with Crippen LogP contribution in [0.15, 0.2) is 0 Å². The van der Waals surface area contributed by atoms with Crippen molar-refractivity contribution >= 4 is 39.5 Å². The smallest absolute Gasteiger partial charge is 0.462 e. The van der Waals surface area contributed by atoms with Gasteiger partial charge in [-0.05, 0) is 37.5 Å². The zero-order valence-electron chi connectivity index (χ0n) is 69.7. The Morgan fingerprint density at radius 2 is 0.481 bits per heavy atom. The SMILES string of the molecule is CCCCCCCCCCCCCCCCCCCCCCC(=O)O[C@H](COC(=O)CCCCCCCCCCCCCCCCCCC(C)C)COP(=O)(O)OC[C@@H](O)COP(=O)(O)OC[C@@H](COC(=O)CCCCCCCCC(C)CC)OC(=O)CCCCCCCCCCCCCCCCCCC. The maximum Gasteiger partial charge on any atom is 0.472 e. The Labute approximate surface area is 651 Å². The van der Waals surface area contributed by atoms with Gasteiger partial charge in [-0.1, -0.05) is 414 Å². The first-order valence-electron chi connectivity index (χ1n) is 45.0. The highest BCUT2D eigenvalue weighted by Crippen LogP contribution is 2.45. The van der Waals surface area contributed by atoms with Gasteiger partial charge in [0.1, 0.15) is 19.3 Å². The predicted molar refractivity (Wildman–Crippen MR) is 437 cm³/mol. The molecule has 0 saturated carbocycles. The number of unbranched alkanes of at least 4 members (excludes halogenated alkanes) is 55. The average Bonchev–Trinajstić information content (AvgIpc) is 0.901. The lowest BCUT2D eigenvalue weighted by Gasteiger charge is -2.21. The Morgan fingerprint density at radius 1 is 0.274 bits per heavy atom. The number of phosphoric acid groups is 2. The molecule has 6 atom stereocenters. The highest BCUT2D eigenvalue weighted by Gasteiger charge is 2.30. The van der Waals surface area contributed by atoms with Crippen molar-refractivity contribution in [2.45, 2.75) is 484 Å². The number of aliphatic hydroxyl groups excluding tert-OH is 1. The van der Waals surface area contributed by atoms with Gasteiger partial charge in [0, 0.05) is 25.7 Å². The lowest BCUT2D eigenvalue weighted by atomic mass is 10.00. The third-order valence-electron chi connectivity index (χ3n) is 20.8. The van der Waals surface area contributed by atoms with Gasteiger partial charge in [0.2, 0.25) is 0 Å². The molecule has 17 nitrogen and oxygen atoms in total. The van der Waals surface area contributed by atoms with Gasteiger partial charge in [0.05, 0.1) is 26.4 Å². The summed E-state index contributed by atoms with van der Waals surface area (Å²) in [6.07, 6.45) is 70.9. The summed E-state index contributed by atoms with van der Waals surface area (Å²) in [7, 11) is -9.93. The zero-order chi connectivity index (χ0) is 77.8. The summed E-state index contributed by atoms with van der Waals surface area (Å²) in [5.74, 6) is -0.558. The molecule has 0 spiro atoms. The van der Waals surface area contributed by atoms with E-state index < -0.39 is 97.5 Å². The maximum absolute atomic E-state index is 13.2. The first-order chi connectivity index (χ1) is 51.4. The molecule has 0 aromatic rings. The summed E-state index contributed by atoms with van der Waals surface area (Å²) >= 11 is 0. The minimum absolute atomic E-state index is 0.108. The van der Waals surface area contributed by atoms with Crippen molar-refractivity contribution in [2.75, 3.05) is 39.6 Å². The fourth-order valence-electron chi connectivity index (χ4n) is 13.6. The van der Waals surface area contributed by atoms with E-state index in [2.05, 4.69) is 41.5 Å². The molecule has 106 heavy (non-hydrogen) atoms. The largest absolute Gasteiger partial charge is 0.472 e. The van der Waals surface area contributed by atoms with E-state index in [1.54, 1.807) is 0 Å². The quantitative estimate of drug-likeness (QED) is 0.0222. The van der Waals surface area contributed by atoms with Crippen LogP contribution in [0, 0.1) is 11.8 Å². The lowest BCUT2D eigenvalue weighted by Crippen LogP contribution is -2.30. The Kier molecular flexibility index (Phi) is 76.9. The number of aliphatic hydroxyl groups is 1. The molecule has 0 amide bonds. The molecule has 0 aromatic heterocycles. The van der Waals surface area contributed by atoms with Crippen molar-refractivity contribution in [2.24, 2.45) is 11.8 Å². The molecule has 0 bridgehead atoms. The van der Waals surface area contributed by atoms with E-state index in [0.717, 1.165) is 108 Å². The molecule has 0 heterocycles. The number of ether oxygens (including phenoxy) is 4. The molecule has 0 saturated heterocycles. The van der Waals surface area contributed by atoms with Crippen LogP contribution in [0.5, 0.6) is 0 Å². The van der Waals surface area contributed by atoms with E-state index in [9.17, 15) is 43.2 Å². The fourth-order valence-corrected chi connectivity index (χ4v) is 15.1. The van der Waals surface area contributed by atoms with E-state index in [0.29, 0.717) is 25.7 Å². The van der Waals surface area contributed by atoms with E-state index in [1.807, 2.05) is 0 Å². The molecule has 0 fully saturated rings. The van der Waals surface area contributed by atoms with Crippen molar-refractivity contribution in [1.29, 1.82) is 0 Å². The molecule has 3 unspecified atom stereocenters. The Balaban J connectivity index is 5.23. The number of carbonyl (C=O) groups is 4. The van der Waals surface area contributed by atoms with Crippen LogP contribution >= 0.6 is 15.6 Å². The van der Waals surface area contributed by atoms with Crippen molar-refractivity contribution < 1.29 is 80.2 Å². The van der Waals surface area contributed by atoms with Crippen LogP contribution in [0.1, 0.15) is 465 Å². The van der Waals surface area contributed by atoms with Gasteiger partial charge < -0.3 is 33.8 Å². The Bertz CT molecular complexity index is 2030. The van der Waals surface area contributed by atoms with Crippen LogP contribution in [0.25, 0.3) is 0 Å². The fraction of sp³-hybridized carbons (Fsp3) is 0.954. The molecular formula is C87H170O17P2. The maximum atomic E-state index is 13.2. The van der Waals surface area contributed by atoms with Crippen molar-refractivity contribution in [1.82, 2.24) is 0 Å². The molecule has 19 heteroatoms. The van der Waals surface area contributed by atoms with Crippen molar-refractivity contribution in [3.63, 3.8) is 0 Å². The van der Waals surface area contributed by atoms with Gasteiger partial charge in [-0.15, -0.1) is 0 Å². The van der Waals surface area contributed by atoms with Gasteiger partial charge in [-0.2, -0.15) is 0 Å². The van der Waals surface area contributed by atoms with E-state index in [4.69, 9.17) is 37.0 Å². The van der Waals surface area contributed by atoms with E-state index in [-0.39, 0.29) is 25.7 Å². The van der Waals surface area contributed by atoms with E-state index in [1.165, 1.54) is 276 Å². The molecule has 0 radical (unpaired) electrons. The topological polar surface area (TPSA) is 237 Å². The average molecular weight is 1550 g/mol. The summed E-state index contributed by atoms with van der Waals surface area (Å²) < 4.78 is 68.9. The molecule has 3 N–H and O–H groups in total. The second kappa shape index (κ2) is 78.3. The Morgan fingerprint density at radius 3 is 0.717 bits per heavy atom. The van der Waals surface area contributed by atoms with Gasteiger partial charge in [-0.3, -0.25) is 37.3 Å². The first kappa shape index (κ1) is 104. The molecule has 0 aliphatic carbocycles. The minimum Gasteiger partial charge on any atom is -0.462 e. The second-order valence-electron chi connectivity index (χ2n) is 32.0. The standard InChI is InChI=1S/C87H170O17P2/c1-7-10-12-14-16-18-20-22-24-26-27-28-30-36-40-44-48-52-60-65-71-86(91)103-82(75-97-84(89)69-63-57-50-46-42-38-34-32-31-33-37-41-45-49-55-61-67-79(4)5)77-101-105(93,94)99-73-81(88)74-100-106(95,96)102-78-83(76-98-85(90)70-64-58-54-53-56-62-68-80(6)9-3)104-87(92)72-66-59-51-47-43-39-35-29-25-23-21-19-17-15-13-11-8-2/h79-83,88H,7-78H2,1-6H3,(H,93,94)(H,95,96)/t80?,81-,82-,83-/m1/s1. The van der Waals surface area contributed by atoms with Crippen LogP contribution in [0.3, 0.4) is 0 Å². The number of rotatable bonds is 86. The number of hydrogen-bond donors (Lipinski definition) is 3. The van der Waals surface area contributed by atoms with Gasteiger partial charge in [0.25, 0.3) is 0 Å². The molecule has 0 aliphatic heterocycles. The van der Waals surface area contributed by atoms with Crippen LogP contribution < -0.4 is 0 Å². The summed E-state index contributed by atoms with van der Waals surface area (Å²) in [4.78, 5) is 73.3. The zero-order valence-corrected chi connectivity index (χ0v) is 71.5. The molecular weight excluding hydrogens is 1380 g/mol. The minimum atomic E-state index is -4.97. The number of carbonyl (C=O) groups excluding carboxylic acids is 4. The normalized spacial score (nSPS) is 14.1. The van der Waals surface area contributed by atoms with Crippen LogP contribution in [0.4, 0.5) is 0 Å². The van der Waals surface area contributed by atoms with Crippen molar-refractivity contribution in [3.05, 3.63) is 0 Å². The van der Waals surface area contributed by atoms with Gasteiger partial charge in [-0.25, -0.2) is 9.13 Å². The number of hydrogen-bond acceptors (Lipinski definition) is 15. The highest BCUT2D eigenvalue weighted by molar-refractivity contribution is 7.47. The first-order valence-corrected chi connectivity index (χ1v) is 48.0. The highest BCUT2D eigenvalue weighted by atomic mass is 31.2. The summed E-state index contributed by atoms with van der Waals surface area (Å²) in [6.45, 7) is 9.67. The Hall–Kier alpha value is -1.94. The molecule has 0 rings (SSSR count). The predicted octanol–water partition coefficient (Wildman–Crippen LogP) is 26.6. The van der Waals surface area contributed by atoms with Gasteiger partial charge in [0.15, 0.2) is 12.2 Å². The monoisotopic (exact) mass is 1550 g/mol. The number of esters is 4. The number of phosphoric ester groups is 2.